The lowest BCUT2D eigenvalue weighted by molar-refractivity contribution is 0.208. The molecule has 2 heterocycles. The van der Waals surface area contributed by atoms with Crippen molar-refractivity contribution in [3.05, 3.63) is 51.8 Å². The van der Waals surface area contributed by atoms with Crippen molar-refractivity contribution in [3.8, 4) is 0 Å². The van der Waals surface area contributed by atoms with Crippen molar-refractivity contribution in [3.63, 3.8) is 0 Å². The molecule has 25 heavy (non-hydrogen) atoms. The first-order valence-corrected chi connectivity index (χ1v) is 8.88. The number of anilines is 2. The van der Waals surface area contributed by atoms with Crippen molar-refractivity contribution in [1.82, 2.24) is 9.88 Å². The smallest absolute Gasteiger partial charge is 0.321 e. The fraction of sp³-hybridized carbons (Fsp3) is 0.333. The van der Waals surface area contributed by atoms with Gasteiger partial charge in [-0.25, -0.2) is 4.79 Å². The number of carbonyl (C=O) groups excluding carboxylic acids is 1. The van der Waals surface area contributed by atoms with Crippen LogP contribution in [0.15, 0.2) is 30.6 Å². The first kappa shape index (κ1) is 17.8. The van der Waals surface area contributed by atoms with Gasteiger partial charge in [-0.05, 0) is 31.0 Å². The minimum Gasteiger partial charge on any atom is -0.365 e. The molecule has 0 unspecified atom stereocenters. The Morgan fingerprint density at radius 2 is 1.72 bits per heavy atom. The summed E-state index contributed by atoms with van der Waals surface area (Å²) in [5.41, 5.74) is 3.81. The fourth-order valence-electron chi connectivity index (χ4n) is 2.90. The molecule has 1 fully saturated rings. The van der Waals surface area contributed by atoms with Crippen molar-refractivity contribution in [2.24, 2.45) is 0 Å². The Morgan fingerprint density at radius 1 is 1.08 bits per heavy atom. The molecule has 0 spiro atoms. The van der Waals surface area contributed by atoms with Crippen molar-refractivity contribution in [2.75, 3.05) is 36.4 Å². The van der Waals surface area contributed by atoms with Gasteiger partial charge >= 0.3 is 6.03 Å². The van der Waals surface area contributed by atoms with Crippen LogP contribution < -0.4 is 10.2 Å². The number of piperazine rings is 1. The molecule has 3 rings (SSSR count). The van der Waals surface area contributed by atoms with E-state index in [1.54, 1.807) is 17.3 Å². The third-order valence-electron chi connectivity index (χ3n) is 4.35. The highest BCUT2D eigenvalue weighted by molar-refractivity contribution is 6.38. The number of amides is 2. The van der Waals surface area contributed by atoms with E-state index in [2.05, 4.69) is 15.2 Å². The number of halogens is 2. The average Bonchev–Trinajstić information content (AvgIpc) is 2.58. The zero-order chi connectivity index (χ0) is 18.0. The molecule has 0 bridgehead atoms. The number of pyridine rings is 1. The summed E-state index contributed by atoms with van der Waals surface area (Å²) in [6.07, 6.45) is 3.17. The van der Waals surface area contributed by atoms with Crippen molar-refractivity contribution in [1.29, 1.82) is 0 Å². The van der Waals surface area contributed by atoms with Gasteiger partial charge in [-0.1, -0.05) is 35.3 Å². The summed E-state index contributed by atoms with van der Waals surface area (Å²) in [5.74, 6) is 0. The lowest BCUT2D eigenvalue weighted by Gasteiger charge is -2.36. The molecule has 1 aromatic carbocycles. The molecule has 0 saturated carbocycles. The lowest BCUT2D eigenvalue weighted by Crippen LogP contribution is -2.50. The maximum absolute atomic E-state index is 12.5. The van der Waals surface area contributed by atoms with Gasteiger partial charge in [-0.3, -0.25) is 4.98 Å². The first-order valence-electron chi connectivity index (χ1n) is 8.13. The third kappa shape index (κ3) is 3.99. The highest BCUT2D eigenvalue weighted by atomic mass is 35.5. The average molecular weight is 379 g/mol. The highest BCUT2D eigenvalue weighted by Crippen LogP contribution is 2.33. The minimum absolute atomic E-state index is 0.0831. The van der Waals surface area contributed by atoms with E-state index in [9.17, 15) is 4.79 Å². The SMILES string of the molecule is Cc1ccc(C)c(NC(=O)N2CCN(c3c(Cl)cncc3Cl)CC2)c1. The van der Waals surface area contributed by atoms with Gasteiger partial charge < -0.3 is 15.1 Å². The lowest BCUT2D eigenvalue weighted by atomic mass is 10.1. The predicted molar refractivity (Wildman–Crippen MR) is 103 cm³/mol. The number of carbonyl (C=O) groups is 1. The van der Waals surface area contributed by atoms with E-state index in [0.29, 0.717) is 36.2 Å². The topological polar surface area (TPSA) is 48.5 Å². The Hall–Kier alpha value is -1.98. The zero-order valence-corrected chi connectivity index (χ0v) is 15.7. The van der Waals surface area contributed by atoms with Crippen molar-refractivity contribution >= 4 is 40.6 Å². The molecule has 1 aromatic heterocycles. The second-order valence-corrected chi connectivity index (χ2v) is 6.99. The van der Waals surface area contributed by atoms with E-state index >= 15 is 0 Å². The van der Waals surface area contributed by atoms with Gasteiger partial charge in [-0.15, -0.1) is 0 Å². The molecule has 1 aliphatic rings. The van der Waals surface area contributed by atoms with E-state index in [1.807, 2.05) is 32.0 Å². The third-order valence-corrected chi connectivity index (χ3v) is 4.90. The molecule has 0 radical (unpaired) electrons. The summed E-state index contributed by atoms with van der Waals surface area (Å²) >= 11 is 12.4. The summed E-state index contributed by atoms with van der Waals surface area (Å²) in [6.45, 7) is 6.54. The molecule has 2 amide bonds. The van der Waals surface area contributed by atoms with Gasteiger partial charge in [0.05, 0.1) is 15.7 Å². The van der Waals surface area contributed by atoms with Crippen LogP contribution in [0.25, 0.3) is 0 Å². The predicted octanol–water partition coefficient (Wildman–Crippen LogP) is 4.36. The Morgan fingerprint density at radius 3 is 2.36 bits per heavy atom. The van der Waals surface area contributed by atoms with Gasteiger partial charge in [-0.2, -0.15) is 0 Å². The zero-order valence-electron chi connectivity index (χ0n) is 14.2. The van der Waals surface area contributed by atoms with Gasteiger partial charge in [0.1, 0.15) is 0 Å². The van der Waals surface area contributed by atoms with Gasteiger partial charge in [0, 0.05) is 44.3 Å². The molecule has 1 saturated heterocycles. The minimum atomic E-state index is -0.0831. The molecule has 0 aliphatic carbocycles. The van der Waals surface area contributed by atoms with Crippen LogP contribution in [-0.4, -0.2) is 42.1 Å². The number of nitrogens with zero attached hydrogens (tertiary/aromatic N) is 3. The number of hydrogen-bond acceptors (Lipinski definition) is 3. The summed E-state index contributed by atoms with van der Waals surface area (Å²) in [7, 11) is 0. The second kappa shape index (κ2) is 7.50. The summed E-state index contributed by atoms with van der Waals surface area (Å²) in [5, 5.41) is 4.06. The first-order chi connectivity index (χ1) is 12.0. The largest absolute Gasteiger partial charge is 0.365 e. The number of rotatable bonds is 2. The number of hydrogen-bond donors (Lipinski definition) is 1. The second-order valence-electron chi connectivity index (χ2n) is 6.17. The van der Waals surface area contributed by atoms with E-state index in [0.717, 1.165) is 22.5 Å². The Labute approximate surface area is 157 Å². The number of benzene rings is 1. The van der Waals surface area contributed by atoms with E-state index in [-0.39, 0.29) is 6.03 Å². The van der Waals surface area contributed by atoms with Crippen LogP contribution in [0, 0.1) is 13.8 Å². The maximum atomic E-state index is 12.5. The van der Waals surface area contributed by atoms with Crippen LogP contribution in [-0.2, 0) is 0 Å². The molecule has 5 nitrogen and oxygen atoms in total. The Kier molecular flexibility index (Phi) is 5.35. The number of urea groups is 1. The van der Waals surface area contributed by atoms with Crippen molar-refractivity contribution in [2.45, 2.75) is 13.8 Å². The van der Waals surface area contributed by atoms with Gasteiger partial charge in [0.25, 0.3) is 0 Å². The Balaban J connectivity index is 1.64. The molecular formula is C18H20Cl2N4O. The number of aryl methyl sites for hydroxylation is 2. The van der Waals surface area contributed by atoms with Crippen LogP contribution in [0.1, 0.15) is 11.1 Å². The summed E-state index contributed by atoms with van der Waals surface area (Å²) < 4.78 is 0. The van der Waals surface area contributed by atoms with Crippen LogP contribution in [0.4, 0.5) is 16.2 Å². The summed E-state index contributed by atoms with van der Waals surface area (Å²) in [4.78, 5) is 20.4. The molecule has 1 aliphatic heterocycles. The van der Waals surface area contributed by atoms with E-state index < -0.39 is 0 Å². The maximum Gasteiger partial charge on any atom is 0.321 e. The quantitative estimate of drug-likeness (QED) is 0.844. The standard InChI is InChI=1S/C18H20Cl2N4O/c1-12-3-4-13(2)16(9-12)22-18(25)24-7-5-23(6-8-24)17-14(19)10-21-11-15(17)20/h3-4,9-11H,5-8H2,1-2H3,(H,22,25). The Bertz CT molecular complexity index is 768. The number of nitrogens with one attached hydrogen (secondary N) is 1. The van der Waals surface area contributed by atoms with Gasteiger partial charge in [0.15, 0.2) is 0 Å². The monoisotopic (exact) mass is 378 g/mol. The van der Waals surface area contributed by atoms with Crippen LogP contribution in [0.2, 0.25) is 10.0 Å². The van der Waals surface area contributed by atoms with Crippen LogP contribution in [0.5, 0.6) is 0 Å². The van der Waals surface area contributed by atoms with E-state index in [1.165, 1.54) is 0 Å². The fourth-order valence-corrected chi connectivity index (χ4v) is 3.51. The van der Waals surface area contributed by atoms with Gasteiger partial charge in [0.2, 0.25) is 0 Å². The molecule has 2 aromatic rings. The van der Waals surface area contributed by atoms with Crippen LogP contribution >= 0.6 is 23.2 Å². The molecular weight excluding hydrogens is 359 g/mol. The van der Waals surface area contributed by atoms with Crippen molar-refractivity contribution < 1.29 is 4.79 Å². The molecule has 1 N–H and O–H groups in total. The molecule has 7 heteroatoms. The number of aromatic nitrogens is 1. The normalized spacial score (nSPS) is 14.6. The van der Waals surface area contributed by atoms with E-state index in [4.69, 9.17) is 23.2 Å². The molecule has 132 valence electrons. The summed E-state index contributed by atoms with van der Waals surface area (Å²) in [6, 6.07) is 5.95. The highest BCUT2D eigenvalue weighted by Gasteiger charge is 2.24. The molecule has 0 atom stereocenters. The van der Waals surface area contributed by atoms with Crippen LogP contribution in [0.3, 0.4) is 0 Å².